The first-order valence-electron chi connectivity index (χ1n) is 9.37. The number of benzene rings is 1. The summed E-state index contributed by atoms with van der Waals surface area (Å²) in [7, 11) is 2.01. The van der Waals surface area contributed by atoms with Gasteiger partial charge in [0.15, 0.2) is 5.82 Å². The summed E-state index contributed by atoms with van der Waals surface area (Å²) >= 11 is 0. The maximum absolute atomic E-state index is 12.9. The third-order valence-electron chi connectivity index (χ3n) is 4.97. The fourth-order valence-electron chi connectivity index (χ4n) is 3.46. The van der Waals surface area contributed by atoms with Crippen molar-refractivity contribution in [2.24, 2.45) is 0 Å². The Hall–Kier alpha value is -2.98. The molecule has 0 aliphatic carbocycles. The molecule has 1 aromatic carbocycles. The summed E-state index contributed by atoms with van der Waals surface area (Å²) in [6.45, 7) is 2.74. The molecule has 0 saturated carbocycles. The van der Waals surface area contributed by atoms with Crippen LogP contribution in [-0.2, 0) is 10.9 Å². The van der Waals surface area contributed by atoms with Gasteiger partial charge in [0.1, 0.15) is 11.4 Å². The average molecular weight is 419 g/mol. The number of anilines is 1. The molecule has 2 aromatic heterocycles. The van der Waals surface area contributed by atoms with Gasteiger partial charge >= 0.3 is 6.18 Å². The number of fused-ring (bicyclic) bond motifs is 1. The second kappa shape index (κ2) is 8.04. The lowest BCUT2D eigenvalue weighted by molar-refractivity contribution is -0.137. The highest BCUT2D eigenvalue weighted by Crippen LogP contribution is 2.38. The van der Waals surface area contributed by atoms with Crippen LogP contribution < -0.4 is 5.32 Å². The van der Waals surface area contributed by atoms with E-state index < -0.39 is 17.5 Å². The van der Waals surface area contributed by atoms with E-state index in [9.17, 15) is 18.3 Å². The quantitative estimate of drug-likeness (QED) is 0.675. The first-order valence-corrected chi connectivity index (χ1v) is 9.37. The van der Waals surface area contributed by atoms with Gasteiger partial charge < -0.3 is 20.1 Å². The summed E-state index contributed by atoms with van der Waals surface area (Å²) in [6, 6.07) is 4.48. The van der Waals surface area contributed by atoms with Crippen LogP contribution in [0.25, 0.3) is 22.0 Å². The third-order valence-corrected chi connectivity index (χ3v) is 4.97. The average Bonchev–Trinajstić information content (AvgIpc) is 2.91. The van der Waals surface area contributed by atoms with Gasteiger partial charge in [0.05, 0.1) is 24.8 Å². The molecule has 0 radical (unpaired) electrons. The molecule has 158 valence electrons. The van der Waals surface area contributed by atoms with E-state index >= 15 is 0 Å². The first kappa shape index (κ1) is 20.3. The van der Waals surface area contributed by atoms with Crippen molar-refractivity contribution in [3.05, 3.63) is 42.2 Å². The predicted octanol–water partition coefficient (Wildman–Crippen LogP) is 3.16. The Morgan fingerprint density at radius 2 is 2.03 bits per heavy atom. The van der Waals surface area contributed by atoms with Crippen LogP contribution in [-0.4, -0.2) is 64.6 Å². The highest BCUT2D eigenvalue weighted by molar-refractivity contribution is 6.00. The fourth-order valence-corrected chi connectivity index (χ4v) is 3.46. The zero-order chi connectivity index (χ0) is 21.3. The topological polar surface area (TPSA) is 83.4 Å². The molecule has 4 rings (SSSR count). The normalized spacial score (nSPS) is 18.3. The van der Waals surface area contributed by atoms with Crippen molar-refractivity contribution in [3.8, 4) is 17.0 Å². The number of hydrogen-bond acceptors (Lipinski definition) is 7. The largest absolute Gasteiger partial charge is 0.507 e. The minimum atomic E-state index is -4.55. The highest BCUT2D eigenvalue weighted by Gasteiger charge is 2.31. The minimum Gasteiger partial charge on any atom is -0.507 e. The van der Waals surface area contributed by atoms with Crippen molar-refractivity contribution in [1.82, 2.24) is 20.1 Å². The van der Waals surface area contributed by atoms with E-state index in [-0.39, 0.29) is 17.3 Å². The van der Waals surface area contributed by atoms with Gasteiger partial charge in [0, 0.05) is 41.8 Å². The second-order valence-electron chi connectivity index (χ2n) is 7.23. The number of nitrogens with one attached hydrogen (secondary N) is 1. The molecule has 2 N–H and O–H groups in total. The molecule has 1 saturated heterocycles. The second-order valence-corrected chi connectivity index (χ2v) is 7.23. The Labute approximate surface area is 170 Å². The van der Waals surface area contributed by atoms with Gasteiger partial charge in [-0.3, -0.25) is 4.98 Å². The lowest BCUT2D eigenvalue weighted by Gasteiger charge is -2.21. The minimum absolute atomic E-state index is 0.0134. The Kier molecular flexibility index (Phi) is 5.44. The molecule has 1 atom stereocenters. The summed E-state index contributed by atoms with van der Waals surface area (Å²) in [5, 5.41) is 23.3. The summed E-state index contributed by atoms with van der Waals surface area (Å²) in [5.74, 6) is -0.0195. The zero-order valence-corrected chi connectivity index (χ0v) is 16.1. The predicted molar refractivity (Wildman–Crippen MR) is 105 cm³/mol. The highest BCUT2D eigenvalue weighted by atomic mass is 19.4. The lowest BCUT2D eigenvalue weighted by atomic mass is 10.0. The Morgan fingerprint density at radius 1 is 1.20 bits per heavy atom. The number of aromatic nitrogens is 3. The van der Waals surface area contributed by atoms with Crippen molar-refractivity contribution in [2.75, 3.05) is 38.7 Å². The van der Waals surface area contributed by atoms with Gasteiger partial charge in [0.2, 0.25) is 0 Å². The molecule has 3 aromatic rings. The zero-order valence-electron chi connectivity index (χ0n) is 16.1. The first-order chi connectivity index (χ1) is 14.3. The molecule has 0 amide bonds. The summed E-state index contributed by atoms with van der Waals surface area (Å²) in [4.78, 5) is 6.29. The van der Waals surface area contributed by atoms with E-state index in [1.807, 2.05) is 7.05 Å². The van der Waals surface area contributed by atoms with Crippen LogP contribution in [0.5, 0.6) is 5.75 Å². The number of rotatable bonds is 3. The number of likely N-dealkylation sites (N-methyl/N-ethyl adjacent to an activating group) is 1. The van der Waals surface area contributed by atoms with Crippen LogP contribution in [0.3, 0.4) is 0 Å². The van der Waals surface area contributed by atoms with Crippen LogP contribution in [0.2, 0.25) is 0 Å². The third kappa shape index (κ3) is 4.14. The maximum Gasteiger partial charge on any atom is 0.416 e. The number of aromatic hydroxyl groups is 1. The Balaban J connectivity index is 1.73. The number of alkyl halides is 3. The van der Waals surface area contributed by atoms with E-state index in [1.165, 1.54) is 6.07 Å². The standard InChI is InChI=1S/C20H20F3N5O2/c1-28-6-7-30-11-13(10-28)25-19-16-9-24-5-4-14(16)18(26-27-19)15-3-2-12(8-17(15)29)20(21,22)23/h2-5,8-9,13,29H,6-7,10-11H2,1H3,(H,25,27). The van der Waals surface area contributed by atoms with Crippen LogP contribution >= 0.6 is 0 Å². The molecule has 1 fully saturated rings. The van der Waals surface area contributed by atoms with E-state index in [1.54, 1.807) is 18.5 Å². The number of halogens is 3. The molecular weight excluding hydrogens is 399 g/mol. The van der Waals surface area contributed by atoms with E-state index in [0.717, 1.165) is 19.2 Å². The molecule has 1 aliphatic heterocycles. The summed E-state index contributed by atoms with van der Waals surface area (Å²) in [6.07, 6.45) is -1.38. The summed E-state index contributed by atoms with van der Waals surface area (Å²) < 4.78 is 44.4. The van der Waals surface area contributed by atoms with Crippen molar-refractivity contribution in [2.45, 2.75) is 12.2 Å². The number of phenols is 1. The fraction of sp³-hybridized carbons (Fsp3) is 0.350. The molecule has 3 heterocycles. The smallest absolute Gasteiger partial charge is 0.416 e. The van der Waals surface area contributed by atoms with Crippen LogP contribution in [0.4, 0.5) is 19.0 Å². The van der Waals surface area contributed by atoms with E-state index in [4.69, 9.17) is 4.74 Å². The number of nitrogens with zero attached hydrogens (tertiary/aromatic N) is 4. The van der Waals surface area contributed by atoms with Crippen molar-refractivity contribution in [3.63, 3.8) is 0 Å². The van der Waals surface area contributed by atoms with Gasteiger partial charge in [0.25, 0.3) is 0 Å². The van der Waals surface area contributed by atoms with Gasteiger partial charge in [-0.2, -0.15) is 13.2 Å². The monoisotopic (exact) mass is 419 g/mol. The molecule has 1 aliphatic rings. The number of ether oxygens (including phenoxy) is 1. The molecule has 10 heteroatoms. The van der Waals surface area contributed by atoms with Gasteiger partial charge in [-0.1, -0.05) is 0 Å². The Bertz CT molecular complexity index is 1060. The molecule has 1 unspecified atom stereocenters. The van der Waals surface area contributed by atoms with Crippen LogP contribution in [0.15, 0.2) is 36.7 Å². The van der Waals surface area contributed by atoms with Gasteiger partial charge in [-0.05, 0) is 31.3 Å². The summed E-state index contributed by atoms with van der Waals surface area (Å²) in [5.41, 5.74) is -0.493. The van der Waals surface area contributed by atoms with Crippen LogP contribution in [0.1, 0.15) is 5.56 Å². The Morgan fingerprint density at radius 3 is 2.80 bits per heavy atom. The molecule has 7 nitrogen and oxygen atoms in total. The van der Waals surface area contributed by atoms with Gasteiger partial charge in [-0.25, -0.2) is 0 Å². The van der Waals surface area contributed by atoms with Crippen molar-refractivity contribution in [1.29, 1.82) is 0 Å². The van der Waals surface area contributed by atoms with Gasteiger partial charge in [-0.15, -0.1) is 10.2 Å². The van der Waals surface area contributed by atoms with E-state index in [0.29, 0.717) is 35.9 Å². The molecule has 0 bridgehead atoms. The van der Waals surface area contributed by atoms with Crippen molar-refractivity contribution >= 4 is 16.6 Å². The number of pyridine rings is 1. The maximum atomic E-state index is 12.9. The lowest BCUT2D eigenvalue weighted by Crippen LogP contribution is -2.35. The van der Waals surface area contributed by atoms with E-state index in [2.05, 4.69) is 25.4 Å². The van der Waals surface area contributed by atoms with Crippen molar-refractivity contribution < 1.29 is 23.0 Å². The molecule has 30 heavy (non-hydrogen) atoms. The SMILES string of the molecule is CN1CCOCC(Nc2nnc(-c3ccc(C(F)(F)F)cc3O)c3ccncc23)C1. The number of hydrogen-bond donors (Lipinski definition) is 2. The molecular formula is C20H20F3N5O2. The molecule has 0 spiro atoms. The van der Waals surface area contributed by atoms with Crippen LogP contribution in [0, 0.1) is 0 Å². The number of phenolic OH excluding ortho intramolecular Hbond substituents is 1.